The molecule has 3 N–H and O–H groups in total. The molecule has 0 bridgehead atoms. The molecule has 5 rings (SSSR count). The second kappa shape index (κ2) is 10.6. The molecule has 2 fully saturated rings. The van der Waals surface area contributed by atoms with Crippen LogP contribution in [0.2, 0.25) is 0 Å². The summed E-state index contributed by atoms with van der Waals surface area (Å²) in [6.07, 6.45) is -2.82. The van der Waals surface area contributed by atoms with Crippen molar-refractivity contribution in [3.8, 4) is 5.95 Å². The first-order chi connectivity index (χ1) is 17.5. The van der Waals surface area contributed by atoms with Gasteiger partial charge in [-0.15, -0.1) is 0 Å². The number of hydrogen-bond donors (Lipinski definition) is 2. The van der Waals surface area contributed by atoms with Crippen LogP contribution in [0.3, 0.4) is 0 Å². The minimum Gasteiger partial charge on any atom is -0.378 e. The second-order valence-electron chi connectivity index (χ2n) is 8.30. The molecule has 0 radical (unpaired) electrons. The van der Waals surface area contributed by atoms with Crippen LogP contribution in [-0.2, 0) is 14.3 Å². The zero-order valence-corrected chi connectivity index (χ0v) is 19.6. The lowest BCUT2D eigenvalue weighted by molar-refractivity contribution is -0.116. The number of benzene rings is 1. The number of morpholine rings is 2. The van der Waals surface area contributed by atoms with Crippen molar-refractivity contribution in [2.75, 3.05) is 74.3 Å². The first-order valence-corrected chi connectivity index (χ1v) is 11.8. The van der Waals surface area contributed by atoms with Gasteiger partial charge in [0.05, 0.1) is 37.6 Å². The number of ether oxygens (including phenoxy) is 2. The fraction of sp³-hybridized carbons (Fsp3) is 0.500. The van der Waals surface area contributed by atoms with E-state index in [-0.39, 0.29) is 30.3 Å². The third-order valence-electron chi connectivity index (χ3n) is 5.94. The zero-order valence-electron chi connectivity index (χ0n) is 19.6. The number of amides is 1. The Hall–Kier alpha value is -3.49. The topological polar surface area (TPSA) is 137 Å². The molecular weight excluding hydrogens is 476 g/mol. The van der Waals surface area contributed by atoms with Gasteiger partial charge in [0.2, 0.25) is 23.8 Å². The van der Waals surface area contributed by atoms with Gasteiger partial charge in [-0.1, -0.05) is 6.07 Å². The summed E-state index contributed by atoms with van der Waals surface area (Å²) in [5.74, 6) is -0.0881. The number of carbonyl (C=O) groups is 1. The maximum absolute atomic E-state index is 14.3. The van der Waals surface area contributed by atoms with Crippen LogP contribution in [0.15, 0.2) is 18.2 Å². The molecule has 3 aromatic rings. The Balaban J connectivity index is 1.65. The van der Waals surface area contributed by atoms with Crippen LogP contribution in [0, 0.1) is 0 Å². The molecule has 14 heteroatoms. The van der Waals surface area contributed by atoms with E-state index >= 15 is 0 Å². The summed E-state index contributed by atoms with van der Waals surface area (Å²) in [6.45, 7) is 4.47. The van der Waals surface area contributed by atoms with Gasteiger partial charge in [0.15, 0.2) is 5.82 Å². The van der Waals surface area contributed by atoms with Gasteiger partial charge in [-0.05, 0) is 12.1 Å². The molecule has 2 aliphatic rings. The summed E-state index contributed by atoms with van der Waals surface area (Å²) < 4.78 is 40.6. The minimum absolute atomic E-state index is 0.0243. The van der Waals surface area contributed by atoms with E-state index in [1.165, 1.54) is 4.57 Å². The van der Waals surface area contributed by atoms with Crippen molar-refractivity contribution >= 4 is 34.5 Å². The van der Waals surface area contributed by atoms with Crippen molar-refractivity contribution in [2.24, 2.45) is 5.73 Å². The number of anilines is 3. The standard InChI is InChI=1S/C22H27F2N9O3/c23-18(24)19-27-17-14(26-16(34)4-5-25)2-1-3-15(17)33(19)22-29-20(31-6-10-35-11-7-31)28-21(30-22)32-8-12-36-13-9-32/h1-3,18H,4-13,25H2,(H,26,34). The Morgan fingerprint density at radius 1 is 0.944 bits per heavy atom. The Kier molecular flexibility index (Phi) is 7.16. The number of para-hydroxylation sites is 1. The third-order valence-corrected chi connectivity index (χ3v) is 5.94. The lowest BCUT2D eigenvalue weighted by Gasteiger charge is -2.30. The highest BCUT2D eigenvalue weighted by molar-refractivity contribution is 6.00. The molecule has 2 aliphatic heterocycles. The SMILES string of the molecule is NCCC(=O)Nc1cccc2c1nc(C(F)F)n2-c1nc(N2CCOCC2)nc(N2CCOCC2)n1. The number of halogens is 2. The number of fused-ring (bicyclic) bond motifs is 1. The van der Waals surface area contributed by atoms with E-state index in [9.17, 15) is 13.6 Å². The van der Waals surface area contributed by atoms with E-state index in [1.807, 2.05) is 9.80 Å². The monoisotopic (exact) mass is 503 g/mol. The first-order valence-electron chi connectivity index (χ1n) is 11.8. The van der Waals surface area contributed by atoms with Crippen LogP contribution in [0.5, 0.6) is 0 Å². The van der Waals surface area contributed by atoms with Crippen molar-refractivity contribution in [2.45, 2.75) is 12.8 Å². The average Bonchev–Trinajstić information content (AvgIpc) is 3.31. The summed E-state index contributed by atoms with van der Waals surface area (Å²) in [4.78, 5) is 34.0. The van der Waals surface area contributed by atoms with Crippen molar-refractivity contribution in [3.05, 3.63) is 24.0 Å². The number of nitrogens with zero attached hydrogens (tertiary/aromatic N) is 7. The van der Waals surface area contributed by atoms with Crippen LogP contribution >= 0.6 is 0 Å². The molecule has 36 heavy (non-hydrogen) atoms. The Bertz CT molecular complexity index is 1190. The molecule has 0 unspecified atom stereocenters. The largest absolute Gasteiger partial charge is 0.378 e. The highest BCUT2D eigenvalue weighted by Crippen LogP contribution is 2.31. The average molecular weight is 504 g/mol. The van der Waals surface area contributed by atoms with Crippen molar-refractivity contribution in [3.63, 3.8) is 0 Å². The van der Waals surface area contributed by atoms with Crippen LogP contribution in [0.4, 0.5) is 26.4 Å². The lowest BCUT2D eigenvalue weighted by atomic mass is 10.2. The molecule has 0 atom stereocenters. The highest BCUT2D eigenvalue weighted by atomic mass is 19.3. The minimum atomic E-state index is -2.92. The highest BCUT2D eigenvalue weighted by Gasteiger charge is 2.27. The molecule has 0 spiro atoms. The van der Waals surface area contributed by atoms with Crippen LogP contribution in [0.25, 0.3) is 17.0 Å². The van der Waals surface area contributed by atoms with Crippen molar-refractivity contribution in [1.82, 2.24) is 24.5 Å². The van der Waals surface area contributed by atoms with Gasteiger partial charge in [-0.3, -0.25) is 9.36 Å². The number of nitrogens with one attached hydrogen (secondary N) is 1. The van der Waals surface area contributed by atoms with E-state index in [4.69, 9.17) is 15.2 Å². The number of carbonyl (C=O) groups excluding carboxylic acids is 1. The molecule has 2 saturated heterocycles. The molecule has 0 aliphatic carbocycles. The van der Waals surface area contributed by atoms with E-state index in [0.717, 1.165) is 0 Å². The number of hydrogen-bond acceptors (Lipinski definition) is 10. The number of nitrogens with two attached hydrogens (primary N) is 1. The summed E-state index contributed by atoms with van der Waals surface area (Å²) in [6, 6.07) is 4.90. The van der Waals surface area contributed by atoms with Gasteiger partial charge in [-0.2, -0.15) is 15.0 Å². The molecular formula is C22H27F2N9O3. The quantitative estimate of drug-likeness (QED) is 0.482. The first kappa shape index (κ1) is 24.2. The maximum atomic E-state index is 14.3. The maximum Gasteiger partial charge on any atom is 0.296 e. The predicted octanol–water partition coefficient (Wildman–Crippen LogP) is 1.11. The molecule has 4 heterocycles. The number of imidazole rings is 1. The fourth-order valence-corrected chi connectivity index (χ4v) is 4.17. The number of alkyl halides is 2. The summed E-state index contributed by atoms with van der Waals surface area (Å²) >= 11 is 0. The molecule has 0 saturated carbocycles. The summed E-state index contributed by atoms with van der Waals surface area (Å²) in [7, 11) is 0. The molecule has 12 nitrogen and oxygen atoms in total. The van der Waals surface area contributed by atoms with Crippen LogP contribution in [0.1, 0.15) is 18.7 Å². The predicted molar refractivity (Wildman–Crippen MR) is 128 cm³/mol. The van der Waals surface area contributed by atoms with Gasteiger partial charge in [0.1, 0.15) is 5.52 Å². The summed E-state index contributed by atoms with van der Waals surface area (Å²) in [5, 5.41) is 2.71. The van der Waals surface area contributed by atoms with Gasteiger partial charge in [0.25, 0.3) is 6.43 Å². The Morgan fingerprint density at radius 3 is 2.08 bits per heavy atom. The lowest BCUT2D eigenvalue weighted by Crippen LogP contribution is -2.40. The second-order valence-corrected chi connectivity index (χ2v) is 8.30. The molecule has 1 aromatic carbocycles. The molecule has 192 valence electrons. The number of rotatable bonds is 7. The van der Waals surface area contributed by atoms with E-state index < -0.39 is 12.2 Å². The van der Waals surface area contributed by atoms with Gasteiger partial charge >= 0.3 is 0 Å². The summed E-state index contributed by atoms with van der Waals surface area (Å²) in [5.41, 5.74) is 6.32. The van der Waals surface area contributed by atoms with Crippen LogP contribution < -0.4 is 20.9 Å². The Morgan fingerprint density at radius 2 is 1.53 bits per heavy atom. The normalized spacial score (nSPS) is 16.7. The van der Waals surface area contributed by atoms with E-state index in [0.29, 0.717) is 75.7 Å². The van der Waals surface area contributed by atoms with Gasteiger partial charge in [0, 0.05) is 39.1 Å². The Labute approximate surface area is 205 Å². The third kappa shape index (κ3) is 4.92. The van der Waals surface area contributed by atoms with E-state index in [1.54, 1.807) is 18.2 Å². The number of aromatic nitrogens is 5. The van der Waals surface area contributed by atoms with Crippen molar-refractivity contribution < 1.29 is 23.0 Å². The van der Waals surface area contributed by atoms with Gasteiger partial charge < -0.3 is 30.3 Å². The molecule has 2 aromatic heterocycles. The van der Waals surface area contributed by atoms with Crippen molar-refractivity contribution in [1.29, 1.82) is 0 Å². The smallest absolute Gasteiger partial charge is 0.296 e. The van der Waals surface area contributed by atoms with Crippen LogP contribution in [-0.4, -0.2) is 89.6 Å². The fourth-order valence-electron chi connectivity index (χ4n) is 4.17. The molecule has 1 amide bonds. The zero-order chi connectivity index (χ0) is 25.1. The van der Waals surface area contributed by atoms with Gasteiger partial charge in [-0.25, -0.2) is 13.8 Å². The van der Waals surface area contributed by atoms with E-state index in [2.05, 4.69) is 25.3 Å².